The zero-order chi connectivity index (χ0) is 17.4. The van der Waals surface area contributed by atoms with E-state index >= 15 is 0 Å². The molecule has 0 bridgehead atoms. The molecule has 0 radical (unpaired) electrons. The Morgan fingerprint density at radius 3 is 0.958 bits per heavy atom. The van der Waals surface area contributed by atoms with Crippen molar-refractivity contribution >= 4 is 27.5 Å². The highest BCUT2D eigenvalue weighted by atomic mass is 32.3. The van der Waals surface area contributed by atoms with E-state index in [0.717, 1.165) is 0 Å². The first-order chi connectivity index (χ1) is 11.4. The maximum atomic E-state index is 8.74. The molecule has 0 fully saturated rings. The number of anilines is 3. The fourth-order valence-electron chi connectivity index (χ4n) is 2.18. The number of para-hydroxylation sites is 3. The SMILES string of the molecule is O=S(=O)(O)O.c1ccc(N(c2ccccc2)c2ccccc2)cc1. The lowest BCUT2D eigenvalue weighted by molar-refractivity contribution is 0.381. The maximum Gasteiger partial charge on any atom is 0.394 e. The fourth-order valence-corrected chi connectivity index (χ4v) is 2.18. The van der Waals surface area contributed by atoms with Crippen LogP contribution >= 0.6 is 0 Å². The Hall–Kier alpha value is -2.67. The number of hydrogen-bond donors (Lipinski definition) is 2. The summed E-state index contributed by atoms with van der Waals surface area (Å²) in [7, 11) is -4.67. The lowest BCUT2D eigenvalue weighted by Crippen LogP contribution is -2.09. The van der Waals surface area contributed by atoms with Crippen LogP contribution in [0.4, 0.5) is 17.1 Å². The maximum absolute atomic E-state index is 8.74. The number of hydrogen-bond acceptors (Lipinski definition) is 3. The average Bonchev–Trinajstić information content (AvgIpc) is 2.57. The van der Waals surface area contributed by atoms with Gasteiger partial charge >= 0.3 is 10.4 Å². The van der Waals surface area contributed by atoms with Gasteiger partial charge in [-0.3, -0.25) is 9.11 Å². The van der Waals surface area contributed by atoms with Crippen LogP contribution < -0.4 is 4.90 Å². The Labute approximate surface area is 141 Å². The highest BCUT2D eigenvalue weighted by Crippen LogP contribution is 2.33. The van der Waals surface area contributed by atoms with Crippen LogP contribution in [0.15, 0.2) is 91.0 Å². The van der Waals surface area contributed by atoms with Crippen molar-refractivity contribution in [2.45, 2.75) is 0 Å². The summed E-state index contributed by atoms with van der Waals surface area (Å²) in [5.41, 5.74) is 3.50. The molecule has 0 heterocycles. The molecule has 3 aromatic rings. The van der Waals surface area contributed by atoms with Crippen molar-refractivity contribution in [1.29, 1.82) is 0 Å². The summed E-state index contributed by atoms with van der Waals surface area (Å²) in [6, 6.07) is 31.3. The Kier molecular flexibility index (Phi) is 6.08. The molecule has 5 nitrogen and oxygen atoms in total. The molecule has 2 N–H and O–H groups in total. The van der Waals surface area contributed by atoms with Gasteiger partial charge in [0.1, 0.15) is 0 Å². The third-order valence-corrected chi connectivity index (χ3v) is 3.04. The Morgan fingerprint density at radius 2 is 0.750 bits per heavy atom. The summed E-state index contributed by atoms with van der Waals surface area (Å²) < 4.78 is 31.6. The molecule has 0 unspecified atom stereocenters. The summed E-state index contributed by atoms with van der Waals surface area (Å²) in [5, 5.41) is 0. The van der Waals surface area contributed by atoms with Crippen molar-refractivity contribution in [3.05, 3.63) is 91.0 Å². The molecule has 0 aromatic heterocycles. The minimum absolute atomic E-state index is 1.17. The van der Waals surface area contributed by atoms with Gasteiger partial charge in [-0.1, -0.05) is 54.6 Å². The van der Waals surface area contributed by atoms with Gasteiger partial charge in [0.15, 0.2) is 0 Å². The topological polar surface area (TPSA) is 77.8 Å². The summed E-state index contributed by atoms with van der Waals surface area (Å²) in [6.07, 6.45) is 0. The molecule has 0 saturated carbocycles. The Morgan fingerprint density at radius 1 is 0.542 bits per heavy atom. The molecule has 6 heteroatoms. The summed E-state index contributed by atoms with van der Waals surface area (Å²) in [4.78, 5) is 2.25. The average molecular weight is 343 g/mol. The van der Waals surface area contributed by atoms with E-state index in [0.29, 0.717) is 0 Å². The van der Waals surface area contributed by atoms with Gasteiger partial charge in [0, 0.05) is 17.1 Å². The van der Waals surface area contributed by atoms with E-state index in [9.17, 15) is 0 Å². The zero-order valence-electron chi connectivity index (χ0n) is 12.7. The highest BCUT2D eigenvalue weighted by Gasteiger charge is 2.10. The zero-order valence-corrected chi connectivity index (χ0v) is 13.5. The van der Waals surface area contributed by atoms with Crippen LogP contribution in [0.5, 0.6) is 0 Å². The Balaban J connectivity index is 0.000000368. The number of nitrogens with zero attached hydrogens (tertiary/aromatic N) is 1. The molecule has 0 aliphatic carbocycles. The van der Waals surface area contributed by atoms with E-state index < -0.39 is 10.4 Å². The molecule has 0 spiro atoms. The van der Waals surface area contributed by atoms with Gasteiger partial charge in [0.05, 0.1) is 0 Å². The molecule has 124 valence electrons. The first-order valence-corrected chi connectivity index (χ1v) is 8.50. The van der Waals surface area contributed by atoms with Gasteiger partial charge < -0.3 is 4.90 Å². The second-order valence-corrected chi connectivity index (χ2v) is 5.69. The van der Waals surface area contributed by atoms with Crippen molar-refractivity contribution in [1.82, 2.24) is 0 Å². The van der Waals surface area contributed by atoms with Crippen LogP contribution in [0.25, 0.3) is 0 Å². The van der Waals surface area contributed by atoms with Gasteiger partial charge in [-0.25, -0.2) is 0 Å². The van der Waals surface area contributed by atoms with Crippen LogP contribution in [0.2, 0.25) is 0 Å². The predicted octanol–water partition coefficient (Wildman–Crippen LogP) is 4.50. The summed E-state index contributed by atoms with van der Waals surface area (Å²) in [6.45, 7) is 0. The quantitative estimate of drug-likeness (QED) is 0.685. The molecule has 24 heavy (non-hydrogen) atoms. The number of benzene rings is 3. The van der Waals surface area contributed by atoms with Crippen LogP contribution in [-0.2, 0) is 10.4 Å². The van der Waals surface area contributed by atoms with Crippen molar-refractivity contribution in [3.8, 4) is 0 Å². The third-order valence-electron chi connectivity index (χ3n) is 3.04. The predicted molar refractivity (Wildman–Crippen MR) is 95.3 cm³/mol. The summed E-state index contributed by atoms with van der Waals surface area (Å²) in [5.74, 6) is 0. The second-order valence-electron chi connectivity index (χ2n) is 4.79. The molecular weight excluding hydrogens is 326 g/mol. The van der Waals surface area contributed by atoms with E-state index in [1.165, 1.54) is 17.1 Å². The van der Waals surface area contributed by atoms with Gasteiger partial charge in [-0.2, -0.15) is 8.42 Å². The third kappa shape index (κ3) is 5.85. The van der Waals surface area contributed by atoms with E-state index in [2.05, 4.69) is 77.7 Å². The normalized spacial score (nSPS) is 10.4. The monoisotopic (exact) mass is 343 g/mol. The number of rotatable bonds is 3. The lowest BCUT2D eigenvalue weighted by Gasteiger charge is -2.25. The smallest absolute Gasteiger partial charge is 0.311 e. The van der Waals surface area contributed by atoms with Crippen molar-refractivity contribution < 1.29 is 17.5 Å². The Bertz CT molecular complexity index is 736. The molecule has 3 aromatic carbocycles. The molecule has 0 aliphatic rings. The molecular formula is C18H17NO4S. The summed E-state index contributed by atoms with van der Waals surface area (Å²) >= 11 is 0. The van der Waals surface area contributed by atoms with Crippen LogP contribution in [0, 0.1) is 0 Å². The molecule has 3 rings (SSSR count). The highest BCUT2D eigenvalue weighted by molar-refractivity contribution is 7.79. The van der Waals surface area contributed by atoms with Gasteiger partial charge in [0.2, 0.25) is 0 Å². The largest absolute Gasteiger partial charge is 0.394 e. The van der Waals surface area contributed by atoms with E-state index in [1.54, 1.807) is 0 Å². The second kappa shape index (κ2) is 8.26. The van der Waals surface area contributed by atoms with Gasteiger partial charge in [0.25, 0.3) is 0 Å². The standard InChI is InChI=1S/C18H15N.H2O4S/c1-4-10-16(11-5-1)19(17-12-6-2-7-13-17)18-14-8-3-9-15-18;1-5(2,3)4/h1-15H;(H2,1,2,3,4). The molecule has 0 saturated heterocycles. The fraction of sp³-hybridized carbons (Fsp3) is 0. The van der Waals surface area contributed by atoms with Crippen LogP contribution in [0.3, 0.4) is 0 Å². The van der Waals surface area contributed by atoms with Crippen molar-refractivity contribution in [3.63, 3.8) is 0 Å². The van der Waals surface area contributed by atoms with Crippen molar-refractivity contribution in [2.24, 2.45) is 0 Å². The van der Waals surface area contributed by atoms with Crippen molar-refractivity contribution in [2.75, 3.05) is 4.90 Å². The minimum atomic E-state index is -4.67. The van der Waals surface area contributed by atoms with Gasteiger partial charge in [-0.05, 0) is 36.4 Å². The first kappa shape index (κ1) is 17.7. The molecule has 0 aliphatic heterocycles. The first-order valence-electron chi connectivity index (χ1n) is 7.10. The van der Waals surface area contributed by atoms with Crippen LogP contribution in [0.1, 0.15) is 0 Å². The van der Waals surface area contributed by atoms with Gasteiger partial charge in [-0.15, -0.1) is 0 Å². The van der Waals surface area contributed by atoms with Crippen LogP contribution in [-0.4, -0.2) is 17.5 Å². The van der Waals surface area contributed by atoms with E-state index in [-0.39, 0.29) is 0 Å². The van der Waals surface area contributed by atoms with E-state index in [1.807, 2.05) is 18.2 Å². The lowest BCUT2D eigenvalue weighted by atomic mass is 10.2. The minimum Gasteiger partial charge on any atom is -0.311 e. The molecule has 0 atom stereocenters. The molecule has 0 amide bonds. The van der Waals surface area contributed by atoms with E-state index in [4.69, 9.17) is 17.5 Å².